The summed E-state index contributed by atoms with van der Waals surface area (Å²) in [7, 11) is 0. The molecule has 1 spiro atoms. The number of allylic oxidation sites excluding steroid dienone is 12. The van der Waals surface area contributed by atoms with Gasteiger partial charge in [0.05, 0.1) is 11.1 Å². The van der Waals surface area contributed by atoms with Crippen molar-refractivity contribution in [3.05, 3.63) is 172 Å². The highest BCUT2D eigenvalue weighted by Crippen LogP contribution is 2.62. The fourth-order valence-corrected chi connectivity index (χ4v) is 9.98. The van der Waals surface area contributed by atoms with Crippen LogP contribution in [0.5, 0.6) is 11.5 Å². The summed E-state index contributed by atoms with van der Waals surface area (Å²) in [5.41, 5.74) is 10.9. The minimum Gasteiger partial charge on any atom is -0.485 e. The molecule has 1 N–H and O–H groups in total. The van der Waals surface area contributed by atoms with E-state index in [1.807, 2.05) is 0 Å². The number of rotatable bonds is 3. The van der Waals surface area contributed by atoms with Crippen molar-refractivity contribution in [1.82, 2.24) is 5.32 Å². The Kier molecular flexibility index (Phi) is 6.87. The van der Waals surface area contributed by atoms with Crippen LogP contribution in [0.2, 0.25) is 0 Å². The molecule has 4 aliphatic heterocycles. The van der Waals surface area contributed by atoms with Crippen molar-refractivity contribution in [3.8, 4) is 22.6 Å². The quantitative estimate of drug-likeness (QED) is 0.298. The summed E-state index contributed by atoms with van der Waals surface area (Å²) in [6.07, 6.45) is 27.4. The first-order chi connectivity index (χ1) is 25.8. The molecule has 4 aliphatic carbocycles. The van der Waals surface area contributed by atoms with Gasteiger partial charge in [0, 0.05) is 55.0 Å². The van der Waals surface area contributed by atoms with Crippen LogP contribution in [-0.4, -0.2) is 12.6 Å². The standard InChI is InChI=1S/C47H42N2O3/c1-3-11-30(12-4-1)32-19-22-37-44(28-32)50-40-17-9-7-15-35(40)47(37)36-16-8-10-18-41(36)51-45-29-33(20-23-38(45)47)31-21-24-42-39(27-31)49(34-13-5-2-6-14-34)46-43(52-42)25-26-48-46/h1-5,8,10-13,16,19-24,27,29,32,41,48H,6-7,9,14-15,17-18,25-26,28H2. The maximum atomic E-state index is 7.06. The SMILES string of the molecule is C1=CCCC(N2C3=C(CCN3)Oc3ccc(-c4ccc5c(c4)OC4CC=CC=C4C54C5=C(CC(c6ccccc6)C=C5)OC5=C4CCCC5)cc32)=C1. The van der Waals surface area contributed by atoms with Gasteiger partial charge in [0.25, 0.3) is 0 Å². The third kappa shape index (κ3) is 4.47. The first kappa shape index (κ1) is 30.2. The van der Waals surface area contributed by atoms with Crippen LogP contribution in [0.3, 0.4) is 0 Å². The molecule has 0 aromatic heterocycles. The molecule has 0 saturated carbocycles. The minimum atomic E-state index is -0.401. The summed E-state index contributed by atoms with van der Waals surface area (Å²) < 4.78 is 20.5. The van der Waals surface area contributed by atoms with Gasteiger partial charge in [-0.3, -0.25) is 4.90 Å². The maximum absolute atomic E-state index is 7.06. The highest BCUT2D eigenvalue weighted by atomic mass is 16.5. The Hall–Kier alpha value is -5.42. The first-order valence-electron chi connectivity index (χ1n) is 19.3. The van der Waals surface area contributed by atoms with E-state index < -0.39 is 5.41 Å². The van der Waals surface area contributed by atoms with E-state index in [-0.39, 0.29) is 6.10 Å². The van der Waals surface area contributed by atoms with Gasteiger partial charge in [-0.2, -0.15) is 0 Å². The van der Waals surface area contributed by atoms with Crippen molar-refractivity contribution >= 4 is 5.69 Å². The Morgan fingerprint density at radius 2 is 1.65 bits per heavy atom. The van der Waals surface area contributed by atoms with Crippen LogP contribution < -0.4 is 19.7 Å². The predicted molar refractivity (Wildman–Crippen MR) is 206 cm³/mol. The Bertz CT molecular complexity index is 2280. The summed E-state index contributed by atoms with van der Waals surface area (Å²) in [5, 5.41) is 3.62. The van der Waals surface area contributed by atoms with Crippen molar-refractivity contribution in [2.75, 3.05) is 11.4 Å². The molecule has 3 atom stereocenters. The van der Waals surface area contributed by atoms with Gasteiger partial charge in [-0.15, -0.1) is 0 Å². The molecule has 52 heavy (non-hydrogen) atoms. The average molecular weight is 683 g/mol. The van der Waals surface area contributed by atoms with E-state index in [2.05, 4.69) is 126 Å². The zero-order chi connectivity index (χ0) is 34.2. The lowest BCUT2D eigenvalue weighted by molar-refractivity contribution is 0.180. The van der Waals surface area contributed by atoms with Gasteiger partial charge in [0.1, 0.15) is 35.0 Å². The molecule has 3 unspecified atom stereocenters. The Labute approximate surface area is 305 Å². The van der Waals surface area contributed by atoms with Crippen molar-refractivity contribution in [1.29, 1.82) is 0 Å². The molecule has 5 nitrogen and oxygen atoms in total. The second kappa shape index (κ2) is 11.8. The normalized spacial score (nSPS) is 26.5. The van der Waals surface area contributed by atoms with E-state index in [1.54, 1.807) is 0 Å². The van der Waals surface area contributed by atoms with Gasteiger partial charge in [-0.25, -0.2) is 0 Å². The van der Waals surface area contributed by atoms with E-state index in [4.69, 9.17) is 14.2 Å². The van der Waals surface area contributed by atoms with Crippen LogP contribution in [0.1, 0.15) is 74.8 Å². The summed E-state index contributed by atoms with van der Waals surface area (Å²) in [6.45, 7) is 0.894. The van der Waals surface area contributed by atoms with Crippen molar-refractivity contribution in [3.63, 3.8) is 0 Å². The van der Waals surface area contributed by atoms with Crippen LogP contribution in [0.15, 0.2) is 161 Å². The molecule has 3 aromatic rings. The molecular formula is C47H42N2O3. The van der Waals surface area contributed by atoms with Gasteiger partial charge in [-0.05, 0) is 84.2 Å². The molecule has 4 heterocycles. The third-order valence-electron chi connectivity index (χ3n) is 12.3. The lowest BCUT2D eigenvalue weighted by Crippen LogP contribution is -2.47. The lowest BCUT2D eigenvalue weighted by atomic mass is 9.56. The largest absolute Gasteiger partial charge is 0.485 e. The molecule has 0 amide bonds. The highest BCUT2D eigenvalue weighted by Gasteiger charge is 2.55. The highest BCUT2D eigenvalue weighted by molar-refractivity contribution is 5.80. The number of ether oxygens (including phenoxy) is 3. The summed E-state index contributed by atoms with van der Waals surface area (Å²) >= 11 is 0. The average Bonchev–Trinajstić information content (AvgIpc) is 3.68. The van der Waals surface area contributed by atoms with E-state index in [0.29, 0.717) is 5.92 Å². The fourth-order valence-electron chi connectivity index (χ4n) is 9.98. The second-order valence-corrected chi connectivity index (χ2v) is 15.2. The van der Waals surface area contributed by atoms with Crippen LogP contribution >= 0.6 is 0 Å². The Morgan fingerprint density at radius 1 is 0.769 bits per heavy atom. The van der Waals surface area contributed by atoms with E-state index in [1.165, 1.54) is 52.1 Å². The predicted octanol–water partition coefficient (Wildman–Crippen LogP) is 10.7. The van der Waals surface area contributed by atoms with Gasteiger partial charge in [-0.1, -0.05) is 91.1 Å². The second-order valence-electron chi connectivity index (χ2n) is 15.2. The lowest BCUT2D eigenvalue weighted by Gasteiger charge is -2.52. The van der Waals surface area contributed by atoms with Gasteiger partial charge in [0.2, 0.25) is 0 Å². The van der Waals surface area contributed by atoms with Crippen LogP contribution in [0.4, 0.5) is 5.69 Å². The van der Waals surface area contributed by atoms with E-state index in [9.17, 15) is 0 Å². The van der Waals surface area contributed by atoms with Crippen molar-refractivity contribution in [2.24, 2.45) is 0 Å². The van der Waals surface area contributed by atoms with E-state index >= 15 is 0 Å². The summed E-state index contributed by atoms with van der Waals surface area (Å²) in [4.78, 5) is 2.40. The summed E-state index contributed by atoms with van der Waals surface area (Å²) in [5.74, 6) is 6.61. The number of hydrogen-bond acceptors (Lipinski definition) is 5. The van der Waals surface area contributed by atoms with Gasteiger partial charge < -0.3 is 19.5 Å². The third-order valence-corrected chi connectivity index (χ3v) is 12.3. The smallest absolute Gasteiger partial charge is 0.151 e. The molecule has 0 saturated heterocycles. The number of nitrogens with zero attached hydrogens (tertiary/aromatic N) is 1. The topological polar surface area (TPSA) is 43.0 Å². The zero-order valence-electron chi connectivity index (χ0n) is 29.4. The number of hydrogen-bond donors (Lipinski definition) is 1. The molecule has 3 aromatic carbocycles. The molecule has 258 valence electrons. The molecule has 11 rings (SSSR count). The van der Waals surface area contributed by atoms with Gasteiger partial charge in [0.15, 0.2) is 5.75 Å². The first-order valence-corrected chi connectivity index (χ1v) is 19.3. The van der Waals surface area contributed by atoms with E-state index in [0.717, 1.165) is 97.1 Å². The monoisotopic (exact) mass is 682 g/mol. The molecular weight excluding hydrogens is 641 g/mol. The van der Waals surface area contributed by atoms with Crippen LogP contribution in [-0.2, 0) is 10.2 Å². The number of nitrogens with one attached hydrogen (secondary N) is 1. The molecule has 8 aliphatic rings. The number of fused-ring (bicyclic) bond motifs is 7. The molecule has 0 bridgehead atoms. The molecule has 0 radical (unpaired) electrons. The molecule has 5 heteroatoms. The Balaban J connectivity index is 1.06. The van der Waals surface area contributed by atoms with Crippen LogP contribution in [0, 0.1) is 0 Å². The summed E-state index contributed by atoms with van der Waals surface area (Å²) in [6, 6.07) is 24.5. The minimum absolute atomic E-state index is 0.0342. The molecule has 0 fully saturated rings. The number of anilines is 1. The fraction of sp³-hybridized carbons (Fsp3) is 0.277. The zero-order valence-corrected chi connectivity index (χ0v) is 29.4. The van der Waals surface area contributed by atoms with Crippen molar-refractivity contribution < 1.29 is 14.2 Å². The Morgan fingerprint density at radius 3 is 2.58 bits per heavy atom. The maximum Gasteiger partial charge on any atom is 0.151 e. The van der Waals surface area contributed by atoms with Gasteiger partial charge >= 0.3 is 0 Å². The van der Waals surface area contributed by atoms with Crippen LogP contribution in [0.25, 0.3) is 11.1 Å². The van der Waals surface area contributed by atoms with Crippen molar-refractivity contribution in [2.45, 2.75) is 75.2 Å². The number of benzene rings is 3.